The van der Waals surface area contributed by atoms with Gasteiger partial charge in [-0.15, -0.1) is 0 Å². The number of amides is 1. The van der Waals surface area contributed by atoms with Crippen molar-refractivity contribution in [1.82, 2.24) is 0 Å². The van der Waals surface area contributed by atoms with Crippen LogP contribution in [0.25, 0.3) is 0 Å². The summed E-state index contributed by atoms with van der Waals surface area (Å²) < 4.78 is 14.9. The number of nitrogens with one attached hydrogen (secondary N) is 1. The van der Waals surface area contributed by atoms with E-state index in [9.17, 15) is 9.59 Å². The Labute approximate surface area is 134 Å². The van der Waals surface area contributed by atoms with Gasteiger partial charge in [0.1, 0.15) is 13.2 Å². The van der Waals surface area contributed by atoms with E-state index in [-0.39, 0.29) is 26.4 Å². The Morgan fingerprint density at radius 2 is 1.74 bits per heavy atom. The quantitative estimate of drug-likeness (QED) is 0.448. The summed E-state index contributed by atoms with van der Waals surface area (Å²) in [6, 6.07) is 8.37. The number of esters is 1. The van der Waals surface area contributed by atoms with Gasteiger partial charge in [-0.25, -0.2) is 9.59 Å². The molecule has 0 radical (unpaired) electrons. The van der Waals surface area contributed by atoms with Gasteiger partial charge in [0.2, 0.25) is 0 Å². The van der Waals surface area contributed by atoms with Gasteiger partial charge in [-0.3, -0.25) is 5.32 Å². The van der Waals surface area contributed by atoms with Crippen LogP contribution >= 0.6 is 0 Å². The van der Waals surface area contributed by atoms with Crippen LogP contribution in [0.2, 0.25) is 0 Å². The maximum Gasteiger partial charge on any atom is 0.411 e. The highest BCUT2D eigenvalue weighted by Gasteiger charge is 2.04. The number of carbonyl (C=O) groups excluding carboxylic acids is 2. The molecule has 0 aliphatic rings. The second-order valence-corrected chi connectivity index (χ2v) is 4.48. The van der Waals surface area contributed by atoms with Gasteiger partial charge in [0.25, 0.3) is 0 Å². The SMILES string of the molecule is C=C(C)C(=O)OCCOCCOC(=O)Nc1ccc(C#N)cc1. The summed E-state index contributed by atoms with van der Waals surface area (Å²) in [4.78, 5) is 22.5. The molecule has 0 saturated carbocycles. The van der Waals surface area contributed by atoms with Crippen LogP contribution in [-0.2, 0) is 19.0 Å². The third-order valence-corrected chi connectivity index (χ3v) is 2.53. The maximum atomic E-state index is 11.5. The fraction of sp³-hybridized carbons (Fsp3) is 0.312. The summed E-state index contributed by atoms with van der Waals surface area (Å²) in [6.45, 7) is 5.58. The first-order valence-electron chi connectivity index (χ1n) is 6.87. The maximum absolute atomic E-state index is 11.5. The predicted molar refractivity (Wildman–Crippen MR) is 82.7 cm³/mol. The van der Waals surface area contributed by atoms with Gasteiger partial charge in [0, 0.05) is 11.3 Å². The summed E-state index contributed by atoms with van der Waals surface area (Å²) in [6.07, 6.45) is -0.619. The van der Waals surface area contributed by atoms with Crippen molar-refractivity contribution in [2.45, 2.75) is 6.92 Å². The van der Waals surface area contributed by atoms with Crippen LogP contribution in [-0.4, -0.2) is 38.5 Å². The zero-order valence-electron chi connectivity index (χ0n) is 12.8. The molecule has 7 nitrogen and oxygen atoms in total. The van der Waals surface area contributed by atoms with Crippen molar-refractivity contribution in [3.8, 4) is 6.07 Å². The lowest BCUT2D eigenvalue weighted by atomic mass is 10.2. The molecule has 7 heteroatoms. The van der Waals surface area contributed by atoms with E-state index in [0.29, 0.717) is 16.8 Å². The number of benzene rings is 1. The number of rotatable bonds is 8. The van der Waals surface area contributed by atoms with E-state index in [1.165, 1.54) is 0 Å². The van der Waals surface area contributed by atoms with Gasteiger partial charge in [0.05, 0.1) is 24.8 Å². The molecule has 0 aliphatic carbocycles. The van der Waals surface area contributed by atoms with E-state index >= 15 is 0 Å². The normalized spacial score (nSPS) is 9.57. The molecule has 23 heavy (non-hydrogen) atoms. The lowest BCUT2D eigenvalue weighted by Crippen LogP contribution is -2.18. The summed E-state index contributed by atoms with van der Waals surface area (Å²) in [5, 5.41) is 11.2. The first kappa shape index (κ1) is 18.2. The van der Waals surface area contributed by atoms with Gasteiger partial charge >= 0.3 is 12.1 Å². The molecule has 1 aromatic carbocycles. The molecule has 1 N–H and O–H groups in total. The van der Waals surface area contributed by atoms with E-state index in [4.69, 9.17) is 19.5 Å². The number of hydrogen-bond donors (Lipinski definition) is 1. The minimum atomic E-state index is -0.619. The van der Waals surface area contributed by atoms with Crippen LogP contribution in [0.1, 0.15) is 12.5 Å². The molecular weight excluding hydrogens is 300 g/mol. The summed E-state index contributed by atoms with van der Waals surface area (Å²) in [5.41, 5.74) is 1.36. The zero-order chi connectivity index (χ0) is 17.1. The van der Waals surface area contributed by atoms with E-state index in [0.717, 1.165) is 0 Å². The van der Waals surface area contributed by atoms with Gasteiger partial charge in [-0.1, -0.05) is 6.58 Å². The molecule has 0 unspecified atom stereocenters. The van der Waals surface area contributed by atoms with Crippen molar-refractivity contribution >= 4 is 17.7 Å². The second-order valence-electron chi connectivity index (χ2n) is 4.48. The van der Waals surface area contributed by atoms with Crippen LogP contribution in [0.5, 0.6) is 0 Å². The highest BCUT2D eigenvalue weighted by molar-refractivity contribution is 5.86. The average Bonchev–Trinajstić information content (AvgIpc) is 2.54. The Bertz CT molecular complexity index is 589. The number of nitriles is 1. The standard InChI is InChI=1S/C16H18N2O5/c1-12(2)15(19)22-9-7-21-8-10-23-16(20)18-14-5-3-13(11-17)4-6-14/h3-6H,1,7-10H2,2H3,(H,18,20). The second kappa shape index (κ2) is 9.97. The van der Waals surface area contributed by atoms with Gasteiger partial charge in [-0.05, 0) is 31.2 Å². The molecule has 0 fully saturated rings. The molecule has 0 saturated heterocycles. The van der Waals surface area contributed by atoms with Gasteiger partial charge in [0.15, 0.2) is 0 Å². The molecule has 0 heterocycles. The van der Waals surface area contributed by atoms with E-state index in [2.05, 4.69) is 11.9 Å². The number of hydrogen-bond acceptors (Lipinski definition) is 6. The van der Waals surface area contributed by atoms with Crippen LogP contribution in [0.3, 0.4) is 0 Å². The minimum absolute atomic E-state index is 0.0660. The molecule has 1 rings (SSSR count). The molecule has 0 atom stereocenters. The zero-order valence-corrected chi connectivity index (χ0v) is 12.8. The smallest absolute Gasteiger partial charge is 0.411 e. The molecule has 0 bridgehead atoms. The Morgan fingerprint density at radius 3 is 2.30 bits per heavy atom. The van der Waals surface area contributed by atoms with Crippen LogP contribution in [0.4, 0.5) is 10.5 Å². The van der Waals surface area contributed by atoms with Gasteiger partial charge < -0.3 is 14.2 Å². The van der Waals surface area contributed by atoms with Crippen LogP contribution < -0.4 is 5.32 Å². The highest BCUT2D eigenvalue weighted by atomic mass is 16.6. The molecule has 122 valence electrons. The van der Waals surface area contributed by atoms with Crippen molar-refractivity contribution in [2.24, 2.45) is 0 Å². The number of carbonyl (C=O) groups is 2. The summed E-state index contributed by atoms with van der Waals surface area (Å²) >= 11 is 0. The first-order valence-corrected chi connectivity index (χ1v) is 6.87. The Hall–Kier alpha value is -2.85. The molecule has 0 aromatic heterocycles. The van der Waals surface area contributed by atoms with Crippen molar-refractivity contribution in [1.29, 1.82) is 5.26 Å². The third kappa shape index (κ3) is 7.64. The largest absolute Gasteiger partial charge is 0.460 e. The van der Waals surface area contributed by atoms with Gasteiger partial charge in [-0.2, -0.15) is 5.26 Å². The number of anilines is 1. The minimum Gasteiger partial charge on any atom is -0.460 e. The van der Waals surface area contributed by atoms with Crippen LogP contribution in [0, 0.1) is 11.3 Å². The molecule has 0 aliphatic heterocycles. The average molecular weight is 318 g/mol. The third-order valence-electron chi connectivity index (χ3n) is 2.53. The molecule has 1 aromatic rings. The lowest BCUT2D eigenvalue weighted by Gasteiger charge is -2.08. The Kier molecular flexibility index (Phi) is 7.89. The number of ether oxygens (including phenoxy) is 3. The van der Waals surface area contributed by atoms with Crippen LogP contribution in [0.15, 0.2) is 36.4 Å². The highest BCUT2D eigenvalue weighted by Crippen LogP contribution is 2.08. The van der Waals surface area contributed by atoms with Crippen molar-refractivity contribution in [2.75, 3.05) is 31.7 Å². The fourth-order valence-electron chi connectivity index (χ4n) is 1.39. The Balaban J connectivity index is 2.09. The van der Waals surface area contributed by atoms with Crippen molar-refractivity contribution in [3.63, 3.8) is 0 Å². The monoisotopic (exact) mass is 318 g/mol. The first-order chi connectivity index (χ1) is 11.0. The van der Waals surface area contributed by atoms with Crippen molar-refractivity contribution < 1.29 is 23.8 Å². The lowest BCUT2D eigenvalue weighted by molar-refractivity contribution is -0.140. The molecule has 1 amide bonds. The van der Waals surface area contributed by atoms with Crippen molar-refractivity contribution in [3.05, 3.63) is 42.0 Å². The number of nitrogens with zero attached hydrogens (tertiary/aromatic N) is 1. The summed E-state index contributed by atoms with van der Waals surface area (Å²) in [5.74, 6) is -0.466. The fourth-order valence-corrected chi connectivity index (χ4v) is 1.39. The topological polar surface area (TPSA) is 97.7 Å². The summed E-state index contributed by atoms with van der Waals surface area (Å²) in [7, 11) is 0. The molecular formula is C16H18N2O5. The Morgan fingerprint density at radius 1 is 1.13 bits per heavy atom. The van der Waals surface area contributed by atoms with E-state index < -0.39 is 12.1 Å². The van der Waals surface area contributed by atoms with E-state index in [1.807, 2.05) is 6.07 Å². The predicted octanol–water partition coefficient (Wildman–Crippen LogP) is 2.24. The molecule has 0 spiro atoms. The van der Waals surface area contributed by atoms with E-state index in [1.54, 1.807) is 31.2 Å².